The van der Waals surface area contributed by atoms with Gasteiger partial charge in [-0.25, -0.2) is 4.98 Å². The highest BCUT2D eigenvalue weighted by Gasteiger charge is 2.23. The van der Waals surface area contributed by atoms with Crippen LogP contribution in [0.3, 0.4) is 0 Å². The van der Waals surface area contributed by atoms with E-state index in [1.165, 1.54) is 11.0 Å². The zero-order chi connectivity index (χ0) is 16.6. The number of rotatable bonds is 3. The summed E-state index contributed by atoms with van der Waals surface area (Å²) in [4.78, 5) is 36.5. The quantitative estimate of drug-likeness (QED) is 0.778. The Bertz CT molecular complexity index is 815. The van der Waals surface area contributed by atoms with Gasteiger partial charge in [0, 0.05) is 4.88 Å². The van der Waals surface area contributed by atoms with Crippen molar-refractivity contribution in [1.29, 1.82) is 0 Å². The minimum Gasteiger partial charge on any atom is -0.328 e. The fraction of sp³-hybridized carbons (Fsp3) is 0.438. The van der Waals surface area contributed by atoms with Crippen molar-refractivity contribution in [2.24, 2.45) is 0 Å². The number of H-pyrrole nitrogens is 1. The number of piperazine rings is 1. The van der Waals surface area contributed by atoms with E-state index in [1.54, 1.807) is 11.3 Å². The van der Waals surface area contributed by atoms with Crippen LogP contribution in [0.4, 0.5) is 0 Å². The van der Waals surface area contributed by atoms with Crippen LogP contribution in [0, 0.1) is 13.8 Å². The van der Waals surface area contributed by atoms with E-state index in [9.17, 15) is 9.59 Å². The van der Waals surface area contributed by atoms with Crippen LogP contribution in [0.15, 0.2) is 17.4 Å². The normalized spacial score (nSPS) is 16.0. The number of aromatic amines is 1. The molecular weight excluding hydrogens is 312 g/mol. The number of quaternary nitrogens is 1. The number of hydrogen-bond acceptors (Lipinski definition) is 4. The molecule has 2 aromatic heterocycles. The second-order valence-electron chi connectivity index (χ2n) is 5.93. The van der Waals surface area contributed by atoms with Crippen LogP contribution < -0.4 is 10.5 Å². The maximum absolute atomic E-state index is 12.3. The van der Waals surface area contributed by atoms with Gasteiger partial charge in [0.05, 0.1) is 31.6 Å². The number of carbonyl (C=O) groups excluding carboxylic acids is 1. The third kappa shape index (κ3) is 3.07. The van der Waals surface area contributed by atoms with Gasteiger partial charge in [-0.2, -0.15) is 0 Å². The Kier molecular flexibility index (Phi) is 4.32. The van der Waals surface area contributed by atoms with Crippen LogP contribution in [0.5, 0.6) is 0 Å². The summed E-state index contributed by atoms with van der Waals surface area (Å²) in [6, 6.07) is 0. The molecule has 3 rings (SSSR count). The molecule has 2 N–H and O–H groups in total. The Hall–Kier alpha value is -1.99. The van der Waals surface area contributed by atoms with E-state index in [0.717, 1.165) is 34.2 Å². The molecule has 3 heterocycles. The lowest BCUT2D eigenvalue weighted by molar-refractivity contribution is -0.918. The van der Waals surface area contributed by atoms with Crippen molar-refractivity contribution in [2.75, 3.05) is 26.2 Å². The molecule has 23 heavy (non-hydrogen) atoms. The zero-order valence-corrected chi connectivity index (χ0v) is 14.3. The van der Waals surface area contributed by atoms with E-state index in [4.69, 9.17) is 0 Å². The minimum absolute atomic E-state index is 0.0125. The summed E-state index contributed by atoms with van der Waals surface area (Å²) in [5.41, 5.74) is 0.973. The number of thiophene rings is 1. The van der Waals surface area contributed by atoms with Crippen molar-refractivity contribution < 1.29 is 9.69 Å². The average molecular weight is 333 g/mol. The van der Waals surface area contributed by atoms with Crippen molar-refractivity contribution >= 4 is 27.5 Å². The molecule has 1 aliphatic heterocycles. The van der Waals surface area contributed by atoms with Crippen molar-refractivity contribution in [3.8, 4) is 0 Å². The Morgan fingerprint density at radius 2 is 2.13 bits per heavy atom. The summed E-state index contributed by atoms with van der Waals surface area (Å²) in [5, 5.41) is 0.715. The first kappa shape index (κ1) is 15.9. The molecule has 122 valence electrons. The number of aromatic nitrogens is 2. The van der Waals surface area contributed by atoms with Crippen molar-refractivity contribution in [3.63, 3.8) is 0 Å². The number of fused-ring (bicyclic) bond motifs is 1. The Morgan fingerprint density at radius 1 is 1.43 bits per heavy atom. The topological polar surface area (TPSA) is 70.5 Å². The molecule has 0 bridgehead atoms. The van der Waals surface area contributed by atoms with Crippen molar-refractivity contribution in [1.82, 2.24) is 14.9 Å². The predicted octanol–water partition coefficient (Wildman–Crippen LogP) is 0.0145. The van der Waals surface area contributed by atoms with Gasteiger partial charge in [0.25, 0.3) is 5.56 Å². The number of amides is 1. The zero-order valence-electron chi connectivity index (χ0n) is 13.4. The lowest BCUT2D eigenvalue weighted by atomic mass is 10.2. The maximum Gasteiger partial charge on any atom is 0.260 e. The van der Waals surface area contributed by atoms with Gasteiger partial charge in [0.1, 0.15) is 11.4 Å². The summed E-state index contributed by atoms with van der Waals surface area (Å²) >= 11 is 1.57. The van der Waals surface area contributed by atoms with Gasteiger partial charge in [0.15, 0.2) is 5.82 Å². The molecule has 1 aliphatic rings. The average Bonchev–Trinajstić information content (AvgIpc) is 2.82. The molecule has 1 fully saturated rings. The number of carbonyl (C=O) groups is 1. The monoisotopic (exact) mass is 333 g/mol. The van der Waals surface area contributed by atoms with Gasteiger partial charge < -0.3 is 14.8 Å². The SMILES string of the molecule is C=CC(=O)N1CC[NH+](Cc2nc3sc(C)c(C)c3c(=O)[nH]2)CC1. The van der Waals surface area contributed by atoms with Crippen LogP contribution >= 0.6 is 11.3 Å². The lowest BCUT2D eigenvalue weighted by Crippen LogP contribution is -3.13. The molecular formula is C16H21N4O2S+. The van der Waals surface area contributed by atoms with Gasteiger partial charge in [0.2, 0.25) is 5.91 Å². The summed E-state index contributed by atoms with van der Waals surface area (Å²) < 4.78 is 0. The summed E-state index contributed by atoms with van der Waals surface area (Å²) in [7, 11) is 0. The molecule has 0 atom stereocenters. The second kappa shape index (κ2) is 6.25. The first-order valence-corrected chi connectivity index (χ1v) is 8.55. The van der Waals surface area contributed by atoms with Gasteiger partial charge in [-0.1, -0.05) is 6.58 Å². The Morgan fingerprint density at radius 3 is 2.78 bits per heavy atom. The van der Waals surface area contributed by atoms with Crippen molar-refractivity contribution in [3.05, 3.63) is 39.3 Å². The van der Waals surface area contributed by atoms with Crippen LogP contribution in [0.2, 0.25) is 0 Å². The molecule has 1 amide bonds. The fourth-order valence-electron chi connectivity index (χ4n) is 2.97. The highest BCUT2D eigenvalue weighted by molar-refractivity contribution is 7.18. The molecule has 0 spiro atoms. The first-order chi connectivity index (χ1) is 11.0. The summed E-state index contributed by atoms with van der Waals surface area (Å²) in [5.74, 6) is 0.712. The number of nitrogens with one attached hydrogen (secondary N) is 2. The predicted molar refractivity (Wildman–Crippen MR) is 90.9 cm³/mol. The van der Waals surface area contributed by atoms with Gasteiger partial charge >= 0.3 is 0 Å². The molecule has 7 heteroatoms. The largest absolute Gasteiger partial charge is 0.328 e. The minimum atomic E-state index is -0.0493. The molecule has 1 saturated heterocycles. The fourth-order valence-corrected chi connectivity index (χ4v) is 4.02. The highest BCUT2D eigenvalue weighted by Crippen LogP contribution is 2.25. The number of hydrogen-bond donors (Lipinski definition) is 2. The summed E-state index contributed by atoms with van der Waals surface area (Å²) in [6.45, 7) is 11.3. The van der Waals surface area contributed by atoms with E-state index in [2.05, 4.69) is 16.5 Å². The molecule has 6 nitrogen and oxygen atoms in total. The second-order valence-corrected chi connectivity index (χ2v) is 7.14. The van der Waals surface area contributed by atoms with Crippen LogP contribution in [0.25, 0.3) is 10.2 Å². The molecule has 0 unspecified atom stereocenters. The standard InChI is InChI=1S/C16H20N4O2S/c1-4-13(21)20-7-5-19(6-8-20)9-12-17-15(22)14-10(2)11(3)23-16(14)18-12/h4H,1,5-9H2,2-3H3,(H,17,18,22)/p+1. The van der Waals surface area contributed by atoms with E-state index in [-0.39, 0.29) is 11.5 Å². The van der Waals surface area contributed by atoms with Gasteiger partial charge in [-0.15, -0.1) is 11.3 Å². The van der Waals surface area contributed by atoms with Gasteiger partial charge in [-0.05, 0) is 25.5 Å². The summed E-state index contributed by atoms with van der Waals surface area (Å²) in [6.07, 6.45) is 1.36. The maximum atomic E-state index is 12.3. The van der Waals surface area contributed by atoms with E-state index in [1.807, 2.05) is 18.7 Å². The van der Waals surface area contributed by atoms with Gasteiger partial charge in [-0.3, -0.25) is 9.59 Å². The van der Waals surface area contributed by atoms with E-state index >= 15 is 0 Å². The Balaban J connectivity index is 1.74. The molecule has 0 aliphatic carbocycles. The van der Waals surface area contributed by atoms with Crippen LogP contribution in [-0.2, 0) is 11.3 Å². The van der Waals surface area contributed by atoms with E-state index < -0.39 is 0 Å². The lowest BCUT2D eigenvalue weighted by Gasteiger charge is -2.31. The van der Waals surface area contributed by atoms with Crippen LogP contribution in [0.1, 0.15) is 16.3 Å². The molecule has 0 aromatic carbocycles. The first-order valence-electron chi connectivity index (χ1n) is 7.73. The molecule has 2 aromatic rings. The number of aryl methyl sites for hydroxylation is 2. The third-order valence-electron chi connectivity index (χ3n) is 4.46. The number of nitrogens with zero attached hydrogens (tertiary/aromatic N) is 2. The van der Waals surface area contributed by atoms with E-state index in [0.29, 0.717) is 25.0 Å². The van der Waals surface area contributed by atoms with Crippen LogP contribution in [-0.4, -0.2) is 47.0 Å². The van der Waals surface area contributed by atoms with Crippen molar-refractivity contribution in [2.45, 2.75) is 20.4 Å². The highest BCUT2D eigenvalue weighted by atomic mass is 32.1. The molecule has 0 radical (unpaired) electrons. The Labute approximate surface area is 138 Å². The molecule has 0 saturated carbocycles. The third-order valence-corrected chi connectivity index (χ3v) is 5.56. The smallest absolute Gasteiger partial charge is 0.260 e.